The molecule has 3 rings (SSSR count). The monoisotopic (exact) mass is 310 g/mol. The van der Waals surface area contributed by atoms with Crippen molar-refractivity contribution in [2.24, 2.45) is 0 Å². The molecule has 0 fully saturated rings. The van der Waals surface area contributed by atoms with Crippen molar-refractivity contribution < 1.29 is 0 Å². The first kappa shape index (κ1) is 14.4. The van der Waals surface area contributed by atoms with Crippen LogP contribution in [0.4, 0.5) is 0 Å². The molecule has 2 heteroatoms. The molecular formula is C19H18S2. The average molecular weight is 310 g/mol. The van der Waals surface area contributed by atoms with Crippen LogP contribution in [-0.2, 0) is 0 Å². The Labute approximate surface area is 134 Å². The first-order valence-electron chi connectivity index (χ1n) is 7.44. The molecule has 0 saturated carbocycles. The first-order valence-corrected chi connectivity index (χ1v) is 9.14. The molecule has 0 atom stereocenters. The fourth-order valence-electron chi connectivity index (χ4n) is 2.37. The summed E-state index contributed by atoms with van der Waals surface area (Å²) in [6, 6.07) is 12.9. The van der Waals surface area contributed by atoms with Gasteiger partial charge in [-0.15, -0.1) is 22.7 Å². The van der Waals surface area contributed by atoms with E-state index in [9.17, 15) is 0 Å². The van der Waals surface area contributed by atoms with E-state index in [0.29, 0.717) is 0 Å². The molecule has 0 saturated heterocycles. The summed E-state index contributed by atoms with van der Waals surface area (Å²) in [4.78, 5) is 2.66. The Hall–Kier alpha value is -1.56. The van der Waals surface area contributed by atoms with Gasteiger partial charge in [0.2, 0.25) is 0 Å². The van der Waals surface area contributed by atoms with Crippen molar-refractivity contribution in [1.82, 2.24) is 0 Å². The van der Waals surface area contributed by atoms with E-state index in [0.717, 1.165) is 6.42 Å². The number of hydrogen-bond acceptors (Lipinski definition) is 2. The maximum atomic E-state index is 3.45. The van der Waals surface area contributed by atoms with Crippen molar-refractivity contribution in [2.45, 2.75) is 32.6 Å². The Morgan fingerprint density at radius 1 is 1.05 bits per heavy atom. The predicted octanol–water partition coefficient (Wildman–Crippen LogP) is 6.56. The van der Waals surface area contributed by atoms with Crippen LogP contribution in [0.15, 0.2) is 41.8 Å². The Bertz CT molecular complexity index is 767. The summed E-state index contributed by atoms with van der Waals surface area (Å²) in [7, 11) is 0. The summed E-state index contributed by atoms with van der Waals surface area (Å²) in [5.41, 5.74) is 1.22. The van der Waals surface area contributed by atoms with Gasteiger partial charge in [0, 0.05) is 21.4 Å². The lowest BCUT2D eigenvalue weighted by atomic mass is 10.1. The SMILES string of the molecule is CCCCCC#Cc1c(-c2cccs2)sc2ccccc12. The predicted molar refractivity (Wildman–Crippen MR) is 96.2 cm³/mol. The minimum absolute atomic E-state index is 1.00. The Morgan fingerprint density at radius 2 is 1.95 bits per heavy atom. The molecule has 0 unspecified atom stereocenters. The molecule has 2 heterocycles. The van der Waals surface area contributed by atoms with Gasteiger partial charge in [0.25, 0.3) is 0 Å². The zero-order chi connectivity index (χ0) is 14.5. The average Bonchev–Trinajstić information content (AvgIpc) is 3.14. The molecule has 0 nitrogen and oxygen atoms in total. The fourth-order valence-corrected chi connectivity index (χ4v) is 4.38. The highest BCUT2D eigenvalue weighted by Crippen LogP contribution is 2.39. The van der Waals surface area contributed by atoms with Crippen molar-refractivity contribution in [3.05, 3.63) is 47.3 Å². The number of fused-ring (bicyclic) bond motifs is 1. The van der Waals surface area contributed by atoms with Gasteiger partial charge in [0.15, 0.2) is 0 Å². The van der Waals surface area contributed by atoms with Crippen LogP contribution < -0.4 is 0 Å². The number of benzene rings is 1. The zero-order valence-corrected chi connectivity index (χ0v) is 13.8. The summed E-state index contributed by atoms with van der Waals surface area (Å²) in [6.07, 6.45) is 4.74. The van der Waals surface area contributed by atoms with E-state index in [1.54, 1.807) is 11.3 Å². The standard InChI is InChI=1S/C19H18S2/c1-2-3-4-5-6-11-16-15-10-7-8-12-17(15)21-19(16)18-13-9-14-20-18/h7-10,12-14H,2-5H2,1H3. The molecule has 21 heavy (non-hydrogen) atoms. The minimum atomic E-state index is 1.00. The second kappa shape index (κ2) is 6.93. The highest BCUT2D eigenvalue weighted by molar-refractivity contribution is 7.26. The summed E-state index contributed by atoms with van der Waals surface area (Å²) < 4.78 is 1.33. The maximum absolute atomic E-state index is 3.45. The van der Waals surface area contributed by atoms with Crippen LogP contribution in [-0.4, -0.2) is 0 Å². The molecule has 106 valence electrons. The molecule has 0 aliphatic heterocycles. The molecule has 0 amide bonds. The third-order valence-corrected chi connectivity index (χ3v) is 5.68. The quantitative estimate of drug-likeness (QED) is 0.378. The van der Waals surface area contributed by atoms with Crippen LogP contribution in [0.3, 0.4) is 0 Å². The first-order chi connectivity index (χ1) is 10.4. The van der Waals surface area contributed by atoms with Crippen LogP contribution in [0.5, 0.6) is 0 Å². The Morgan fingerprint density at radius 3 is 2.76 bits per heavy atom. The molecule has 0 radical (unpaired) electrons. The van der Waals surface area contributed by atoms with E-state index in [4.69, 9.17) is 0 Å². The lowest BCUT2D eigenvalue weighted by molar-refractivity contribution is 0.737. The molecule has 0 N–H and O–H groups in total. The van der Waals surface area contributed by atoms with Crippen LogP contribution in [0, 0.1) is 11.8 Å². The molecule has 0 aliphatic rings. The van der Waals surface area contributed by atoms with Gasteiger partial charge in [-0.2, -0.15) is 0 Å². The van der Waals surface area contributed by atoms with E-state index in [1.807, 2.05) is 11.3 Å². The molecule has 0 bridgehead atoms. The summed E-state index contributed by atoms with van der Waals surface area (Å²) >= 11 is 3.65. The maximum Gasteiger partial charge on any atom is 0.0611 e. The van der Waals surface area contributed by atoms with Crippen molar-refractivity contribution in [3.8, 4) is 21.6 Å². The van der Waals surface area contributed by atoms with Gasteiger partial charge in [0.05, 0.1) is 10.4 Å². The molecule has 0 spiro atoms. The van der Waals surface area contributed by atoms with Gasteiger partial charge in [-0.25, -0.2) is 0 Å². The Balaban J connectivity index is 2.00. The largest absolute Gasteiger partial charge is 0.143 e. The van der Waals surface area contributed by atoms with Crippen molar-refractivity contribution in [3.63, 3.8) is 0 Å². The smallest absolute Gasteiger partial charge is 0.0611 e. The van der Waals surface area contributed by atoms with Crippen LogP contribution >= 0.6 is 22.7 Å². The van der Waals surface area contributed by atoms with E-state index in [-0.39, 0.29) is 0 Å². The minimum Gasteiger partial charge on any atom is -0.143 e. The molecular weight excluding hydrogens is 292 g/mol. The van der Waals surface area contributed by atoms with Crippen LogP contribution in [0.25, 0.3) is 19.8 Å². The van der Waals surface area contributed by atoms with Crippen molar-refractivity contribution in [1.29, 1.82) is 0 Å². The highest BCUT2D eigenvalue weighted by Gasteiger charge is 2.12. The van der Waals surface area contributed by atoms with Crippen molar-refractivity contribution >= 4 is 32.8 Å². The third kappa shape index (κ3) is 3.20. The topological polar surface area (TPSA) is 0 Å². The number of thiophene rings is 2. The molecule has 0 aliphatic carbocycles. The van der Waals surface area contributed by atoms with Crippen LogP contribution in [0.2, 0.25) is 0 Å². The second-order valence-electron chi connectivity index (χ2n) is 5.04. The summed E-state index contributed by atoms with van der Waals surface area (Å²) in [6.45, 7) is 2.23. The second-order valence-corrected chi connectivity index (χ2v) is 7.04. The van der Waals surface area contributed by atoms with Gasteiger partial charge in [-0.1, -0.05) is 55.9 Å². The fraction of sp³-hybridized carbons (Fsp3) is 0.263. The van der Waals surface area contributed by atoms with E-state index in [1.165, 1.54) is 44.7 Å². The van der Waals surface area contributed by atoms with E-state index < -0.39 is 0 Å². The number of hydrogen-bond donors (Lipinski definition) is 0. The number of unbranched alkanes of at least 4 members (excludes halogenated alkanes) is 3. The lowest BCUT2D eigenvalue weighted by Crippen LogP contribution is -1.76. The van der Waals surface area contributed by atoms with E-state index in [2.05, 4.69) is 60.5 Å². The molecule has 2 aromatic heterocycles. The van der Waals surface area contributed by atoms with Crippen molar-refractivity contribution in [2.75, 3.05) is 0 Å². The number of rotatable bonds is 4. The van der Waals surface area contributed by atoms with Crippen LogP contribution in [0.1, 0.15) is 38.2 Å². The van der Waals surface area contributed by atoms with E-state index >= 15 is 0 Å². The molecule has 1 aromatic carbocycles. The molecule has 3 aromatic rings. The normalized spacial score (nSPS) is 10.5. The summed E-state index contributed by atoms with van der Waals surface area (Å²) in [5, 5.41) is 3.44. The van der Waals surface area contributed by atoms with Gasteiger partial charge >= 0.3 is 0 Å². The summed E-state index contributed by atoms with van der Waals surface area (Å²) in [5.74, 6) is 6.83. The van der Waals surface area contributed by atoms with Gasteiger partial charge in [-0.3, -0.25) is 0 Å². The third-order valence-electron chi connectivity index (χ3n) is 3.46. The highest BCUT2D eigenvalue weighted by atomic mass is 32.1. The lowest BCUT2D eigenvalue weighted by Gasteiger charge is -1.94. The van der Waals surface area contributed by atoms with Gasteiger partial charge < -0.3 is 0 Å². The zero-order valence-electron chi connectivity index (χ0n) is 12.2. The Kier molecular flexibility index (Phi) is 4.75. The van der Waals surface area contributed by atoms with Gasteiger partial charge in [0.1, 0.15) is 0 Å². The van der Waals surface area contributed by atoms with Gasteiger partial charge in [-0.05, 0) is 23.9 Å².